The number of carbonyl (C=O) groups is 2. The number of imide groups is 1. The molecule has 1 aliphatic heterocycles. The highest BCUT2D eigenvalue weighted by Crippen LogP contribution is 2.32. The molecule has 0 aromatic heterocycles. The molecular weight excluding hydrogens is 647 g/mol. The standard InChI is InChI=1S/C12H8F5NO5S.C2F6O5S2/c13-11(14,6-23-24(21,22)12(15,16)17)5-18-9(19)7-3-1-2-4-8(7)10(18)20;3-1(4,5)14(9,10)13-15(11,12)2(6,7)8/h1-4H,5-6H2;. The zero-order valence-corrected chi connectivity index (χ0v) is 20.1. The Bertz CT molecular complexity index is 1350. The maximum atomic E-state index is 13.7. The Morgan fingerprint density at radius 1 is 0.615 bits per heavy atom. The van der Waals surface area contributed by atoms with Crippen LogP contribution in [0.5, 0.6) is 0 Å². The quantitative estimate of drug-likeness (QED) is 0.185. The summed E-state index contributed by atoms with van der Waals surface area (Å²) in [7, 11) is -19.9. The maximum Gasteiger partial charge on any atom is 0.524 e. The van der Waals surface area contributed by atoms with Gasteiger partial charge in [-0.15, -0.1) is 3.63 Å². The van der Waals surface area contributed by atoms with Gasteiger partial charge in [0, 0.05) is 0 Å². The Labute approximate surface area is 209 Å². The number of rotatable bonds is 7. The molecule has 11 nitrogen and oxygen atoms in total. The van der Waals surface area contributed by atoms with Crippen molar-refractivity contribution in [3.05, 3.63) is 35.4 Å². The van der Waals surface area contributed by atoms with E-state index >= 15 is 0 Å². The molecule has 0 spiro atoms. The summed E-state index contributed by atoms with van der Waals surface area (Å²) in [6.45, 7) is -3.78. The second-order valence-electron chi connectivity index (χ2n) is 6.63. The molecular formula is C14H8F11NO10S3. The van der Waals surface area contributed by atoms with Crippen molar-refractivity contribution in [2.45, 2.75) is 22.4 Å². The fourth-order valence-corrected chi connectivity index (χ4v) is 4.11. The molecule has 0 aliphatic carbocycles. The fourth-order valence-electron chi connectivity index (χ4n) is 2.09. The normalized spacial score (nSPS) is 15.6. The second-order valence-corrected chi connectivity index (χ2v) is 11.5. The van der Waals surface area contributed by atoms with Crippen LogP contribution >= 0.6 is 0 Å². The number of hydrogen-bond acceptors (Lipinski definition) is 10. The lowest BCUT2D eigenvalue weighted by Crippen LogP contribution is -2.44. The molecule has 224 valence electrons. The lowest BCUT2D eigenvalue weighted by molar-refractivity contribution is -0.0770. The first kappa shape index (κ1) is 34.4. The molecule has 0 saturated heterocycles. The molecule has 0 unspecified atom stereocenters. The number of alkyl halides is 11. The molecule has 1 heterocycles. The van der Waals surface area contributed by atoms with Crippen LogP contribution in [0.3, 0.4) is 0 Å². The number of carbonyl (C=O) groups excluding carboxylic acids is 2. The third-order valence-corrected chi connectivity index (χ3v) is 7.28. The predicted molar refractivity (Wildman–Crippen MR) is 98.7 cm³/mol. The molecule has 1 aliphatic rings. The third kappa shape index (κ3) is 8.18. The minimum Gasteiger partial charge on any atom is -0.269 e. The molecule has 0 bridgehead atoms. The molecule has 0 N–H and O–H groups in total. The Hall–Kier alpha value is -2.64. The summed E-state index contributed by atoms with van der Waals surface area (Å²) in [4.78, 5) is 23.9. The highest BCUT2D eigenvalue weighted by Gasteiger charge is 2.57. The highest BCUT2D eigenvalue weighted by molar-refractivity contribution is 8.00. The van der Waals surface area contributed by atoms with Gasteiger partial charge in [0.25, 0.3) is 17.7 Å². The molecule has 2 amide bonds. The molecule has 39 heavy (non-hydrogen) atoms. The summed E-state index contributed by atoms with van der Waals surface area (Å²) < 4.78 is 198. The minimum absolute atomic E-state index is 0.119. The Kier molecular flexibility index (Phi) is 9.47. The molecule has 1 aromatic rings. The first-order chi connectivity index (χ1) is 17.1. The van der Waals surface area contributed by atoms with Crippen molar-refractivity contribution in [3.8, 4) is 0 Å². The monoisotopic (exact) mass is 655 g/mol. The summed E-state index contributed by atoms with van der Waals surface area (Å²) in [5.41, 5.74) is -18.7. The number of fused-ring (bicyclic) bond motifs is 1. The molecule has 1 aromatic carbocycles. The smallest absolute Gasteiger partial charge is 0.269 e. The Morgan fingerprint density at radius 2 is 0.949 bits per heavy atom. The average Bonchev–Trinajstić information content (AvgIpc) is 2.95. The number of hydrogen-bond donors (Lipinski definition) is 0. The molecule has 0 fully saturated rings. The number of benzene rings is 1. The van der Waals surface area contributed by atoms with Crippen molar-refractivity contribution in [2.75, 3.05) is 13.2 Å². The van der Waals surface area contributed by atoms with Crippen molar-refractivity contribution in [1.82, 2.24) is 4.90 Å². The van der Waals surface area contributed by atoms with Crippen molar-refractivity contribution < 1.29 is 90.9 Å². The summed E-state index contributed by atoms with van der Waals surface area (Å²) >= 11 is 0. The second kappa shape index (κ2) is 10.7. The molecule has 0 saturated carbocycles. The van der Waals surface area contributed by atoms with Crippen molar-refractivity contribution >= 4 is 42.2 Å². The Morgan fingerprint density at radius 3 is 1.26 bits per heavy atom. The van der Waals surface area contributed by atoms with E-state index in [-0.39, 0.29) is 16.0 Å². The van der Waals surface area contributed by atoms with Gasteiger partial charge in [-0.05, 0) is 12.1 Å². The third-order valence-electron chi connectivity index (χ3n) is 3.72. The van der Waals surface area contributed by atoms with Crippen molar-refractivity contribution in [3.63, 3.8) is 0 Å². The van der Waals surface area contributed by atoms with Gasteiger partial charge in [-0.3, -0.25) is 18.7 Å². The highest BCUT2D eigenvalue weighted by atomic mass is 32.3. The van der Waals surface area contributed by atoms with E-state index in [9.17, 15) is 83.1 Å². The Balaban J connectivity index is 0.000000439. The van der Waals surface area contributed by atoms with Gasteiger partial charge in [0.2, 0.25) is 0 Å². The van der Waals surface area contributed by atoms with Crippen LogP contribution < -0.4 is 0 Å². The van der Waals surface area contributed by atoms with Gasteiger partial charge in [0.05, 0.1) is 17.7 Å². The van der Waals surface area contributed by atoms with E-state index in [0.717, 1.165) is 0 Å². The van der Waals surface area contributed by atoms with Gasteiger partial charge in [-0.25, -0.2) is 8.78 Å². The van der Waals surface area contributed by atoms with Gasteiger partial charge in [-0.1, -0.05) is 12.1 Å². The lowest BCUT2D eigenvalue weighted by atomic mass is 10.1. The zero-order valence-electron chi connectivity index (χ0n) is 17.6. The molecule has 25 heteroatoms. The van der Waals surface area contributed by atoms with Crippen LogP contribution in [0.25, 0.3) is 0 Å². The number of halogens is 11. The molecule has 0 atom stereocenters. The number of nitrogens with zero attached hydrogens (tertiary/aromatic N) is 1. The van der Waals surface area contributed by atoms with Gasteiger partial charge in [0.15, 0.2) is 0 Å². The first-order valence-electron chi connectivity index (χ1n) is 8.69. The van der Waals surface area contributed by atoms with Gasteiger partial charge in [-0.2, -0.15) is 64.8 Å². The van der Waals surface area contributed by atoms with E-state index in [4.69, 9.17) is 0 Å². The van der Waals surface area contributed by atoms with Crippen LogP contribution in [-0.4, -0.2) is 77.6 Å². The average molecular weight is 655 g/mol. The molecule has 0 radical (unpaired) electrons. The summed E-state index contributed by atoms with van der Waals surface area (Å²) in [5.74, 6) is -6.33. The van der Waals surface area contributed by atoms with Crippen molar-refractivity contribution in [2.24, 2.45) is 0 Å². The fraction of sp³-hybridized carbons (Fsp3) is 0.429. The largest absolute Gasteiger partial charge is 0.524 e. The van der Waals surface area contributed by atoms with E-state index in [1.165, 1.54) is 24.3 Å². The number of amides is 2. The van der Waals surface area contributed by atoms with E-state index in [1.807, 2.05) is 3.63 Å². The predicted octanol–water partition coefficient (Wildman–Crippen LogP) is 2.49. The lowest BCUT2D eigenvalue weighted by Gasteiger charge is -2.22. The summed E-state index contributed by atoms with van der Waals surface area (Å²) in [6.07, 6.45) is 0. The van der Waals surface area contributed by atoms with Gasteiger partial charge < -0.3 is 0 Å². The van der Waals surface area contributed by atoms with E-state index in [0.29, 0.717) is 0 Å². The van der Waals surface area contributed by atoms with Crippen LogP contribution in [0.1, 0.15) is 20.7 Å². The summed E-state index contributed by atoms with van der Waals surface area (Å²) in [5, 5.41) is 0. The van der Waals surface area contributed by atoms with Crippen molar-refractivity contribution in [1.29, 1.82) is 0 Å². The van der Waals surface area contributed by atoms with Gasteiger partial charge in [0.1, 0.15) is 6.61 Å². The van der Waals surface area contributed by atoms with Crippen LogP contribution in [0.15, 0.2) is 24.3 Å². The van der Waals surface area contributed by atoms with Gasteiger partial charge >= 0.3 is 46.9 Å². The van der Waals surface area contributed by atoms with E-state index in [1.54, 1.807) is 0 Å². The summed E-state index contributed by atoms with van der Waals surface area (Å²) in [6, 6.07) is 5.23. The van der Waals surface area contributed by atoms with Crippen LogP contribution in [0.4, 0.5) is 48.3 Å². The topological polar surface area (TPSA) is 158 Å². The molecule has 2 rings (SSSR count). The van der Waals surface area contributed by atoms with E-state index < -0.39 is 77.8 Å². The van der Waals surface area contributed by atoms with Crippen LogP contribution in [0, 0.1) is 0 Å². The zero-order chi connectivity index (χ0) is 31.0. The first-order valence-corrected chi connectivity index (χ1v) is 12.9. The van der Waals surface area contributed by atoms with Crippen LogP contribution in [0.2, 0.25) is 0 Å². The minimum atomic E-state index is -6.85. The SMILES string of the molecule is O=C1c2ccccc2C(=O)N1CC(F)(F)COS(=O)(=O)C(F)(F)F.O=S(=O)(OS(=O)(=O)C(F)(F)F)C(F)(F)F. The maximum absolute atomic E-state index is 13.7. The van der Waals surface area contributed by atoms with E-state index in [2.05, 4.69) is 4.18 Å². The van der Waals surface area contributed by atoms with Crippen LogP contribution in [-0.2, 0) is 38.2 Å².